The molecule has 3 nitrogen and oxygen atoms in total. The molecule has 0 saturated carbocycles. The predicted octanol–water partition coefficient (Wildman–Crippen LogP) is 4.28. The molecule has 0 fully saturated rings. The van der Waals surface area contributed by atoms with E-state index in [1.165, 1.54) is 11.8 Å². The third kappa shape index (κ3) is 3.98. The average Bonchev–Trinajstić information content (AvgIpc) is 2.75. The second-order valence-electron chi connectivity index (χ2n) is 4.27. The lowest BCUT2D eigenvalue weighted by Crippen LogP contribution is -2.07. The number of carbonyl (C=O) groups excluding carboxylic acids is 1. The summed E-state index contributed by atoms with van der Waals surface area (Å²) in [6, 6.07) is 9.81. The van der Waals surface area contributed by atoms with Crippen LogP contribution in [0.3, 0.4) is 0 Å². The largest absolute Gasteiger partial charge is 0.380 e. The van der Waals surface area contributed by atoms with Crippen molar-refractivity contribution in [1.82, 2.24) is 0 Å². The Bertz CT molecular complexity index is 595. The topological polar surface area (TPSA) is 41.1 Å². The Labute approximate surface area is 121 Å². The van der Waals surface area contributed by atoms with Crippen LogP contribution in [0.15, 0.2) is 30.3 Å². The molecule has 0 aliphatic carbocycles. The summed E-state index contributed by atoms with van der Waals surface area (Å²) in [5.41, 5.74) is 2.85. The zero-order valence-corrected chi connectivity index (χ0v) is 12.4. The van der Waals surface area contributed by atoms with Gasteiger partial charge < -0.3 is 10.6 Å². The zero-order chi connectivity index (χ0) is 13.8. The van der Waals surface area contributed by atoms with E-state index >= 15 is 0 Å². The Morgan fingerprint density at radius 2 is 2.11 bits per heavy atom. The molecule has 1 aromatic heterocycles. The summed E-state index contributed by atoms with van der Waals surface area (Å²) in [4.78, 5) is 12.3. The van der Waals surface area contributed by atoms with E-state index < -0.39 is 0 Å². The van der Waals surface area contributed by atoms with E-state index in [1.807, 2.05) is 37.3 Å². The second kappa shape index (κ2) is 6.08. The quantitative estimate of drug-likeness (QED) is 0.883. The van der Waals surface area contributed by atoms with Crippen LogP contribution in [0.4, 0.5) is 11.4 Å². The Morgan fingerprint density at radius 3 is 2.74 bits per heavy atom. The summed E-state index contributed by atoms with van der Waals surface area (Å²) in [5.74, 6) is -0.0645. The molecule has 19 heavy (non-hydrogen) atoms. The van der Waals surface area contributed by atoms with Crippen molar-refractivity contribution in [2.24, 2.45) is 0 Å². The maximum absolute atomic E-state index is 11.1. The summed E-state index contributed by atoms with van der Waals surface area (Å²) in [5, 5.41) is 6.13. The van der Waals surface area contributed by atoms with Gasteiger partial charge >= 0.3 is 0 Å². The molecular weight excluding hydrogens is 280 g/mol. The van der Waals surface area contributed by atoms with Gasteiger partial charge in [-0.2, -0.15) is 0 Å². The van der Waals surface area contributed by atoms with Crippen molar-refractivity contribution in [1.29, 1.82) is 0 Å². The van der Waals surface area contributed by atoms with E-state index in [1.54, 1.807) is 11.3 Å². The van der Waals surface area contributed by atoms with Crippen LogP contribution in [-0.4, -0.2) is 5.91 Å². The van der Waals surface area contributed by atoms with Gasteiger partial charge in [0, 0.05) is 29.7 Å². The van der Waals surface area contributed by atoms with Crippen LogP contribution >= 0.6 is 22.9 Å². The Balaban J connectivity index is 2.06. The van der Waals surface area contributed by atoms with Crippen molar-refractivity contribution in [3.8, 4) is 0 Å². The maximum atomic E-state index is 11.1. The van der Waals surface area contributed by atoms with Gasteiger partial charge in [-0.15, -0.1) is 11.3 Å². The number of amides is 1. The van der Waals surface area contributed by atoms with Crippen LogP contribution in [0.25, 0.3) is 0 Å². The average molecular weight is 295 g/mol. The molecule has 0 radical (unpaired) electrons. The molecule has 2 N–H and O–H groups in total. The third-order valence-electron chi connectivity index (χ3n) is 2.64. The smallest absolute Gasteiger partial charge is 0.221 e. The summed E-state index contributed by atoms with van der Waals surface area (Å²) in [6.07, 6.45) is 0. The van der Waals surface area contributed by atoms with Crippen LogP contribution in [0, 0.1) is 6.92 Å². The van der Waals surface area contributed by atoms with Crippen molar-refractivity contribution < 1.29 is 4.79 Å². The molecule has 0 saturated heterocycles. The molecular formula is C14H15ClN2OS. The minimum absolute atomic E-state index is 0.0645. The van der Waals surface area contributed by atoms with Gasteiger partial charge in [-0.1, -0.05) is 17.7 Å². The molecule has 100 valence electrons. The molecule has 0 unspecified atom stereocenters. The van der Waals surface area contributed by atoms with Crippen molar-refractivity contribution in [3.63, 3.8) is 0 Å². The van der Waals surface area contributed by atoms with Crippen molar-refractivity contribution in [3.05, 3.63) is 45.1 Å². The van der Waals surface area contributed by atoms with Crippen LogP contribution in [-0.2, 0) is 11.3 Å². The highest BCUT2D eigenvalue weighted by Crippen LogP contribution is 2.24. The molecule has 5 heteroatoms. The van der Waals surface area contributed by atoms with Gasteiger partial charge in [-0.05, 0) is 36.8 Å². The molecule has 0 aliphatic heterocycles. The number of hydrogen-bond acceptors (Lipinski definition) is 3. The molecule has 0 atom stereocenters. The second-order valence-corrected chi connectivity index (χ2v) is 6.07. The van der Waals surface area contributed by atoms with Crippen LogP contribution in [0.1, 0.15) is 17.4 Å². The highest BCUT2D eigenvalue weighted by atomic mass is 35.5. The number of thiophene rings is 1. The number of anilines is 2. The minimum atomic E-state index is -0.0645. The molecule has 0 aliphatic rings. The number of benzene rings is 1. The Morgan fingerprint density at radius 1 is 1.32 bits per heavy atom. The lowest BCUT2D eigenvalue weighted by atomic mass is 10.1. The first-order chi connectivity index (χ1) is 9.04. The van der Waals surface area contributed by atoms with Crippen molar-refractivity contribution in [2.45, 2.75) is 20.4 Å². The number of carbonyl (C=O) groups is 1. The number of hydrogen-bond donors (Lipinski definition) is 2. The highest BCUT2D eigenvalue weighted by molar-refractivity contribution is 7.16. The highest BCUT2D eigenvalue weighted by Gasteiger charge is 2.03. The fourth-order valence-corrected chi connectivity index (χ4v) is 2.72. The van der Waals surface area contributed by atoms with Gasteiger partial charge in [-0.25, -0.2) is 0 Å². The Hall–Kier alpha value is -1.52. The molecule has 0 bridgehead atoms. The third-order valence-corrected chi connectivity index (χ3v) is 3.88. The summed E-state index contributed by atoms with van der Waals surface area (Å²) >= 11 is 7.45. The van der Waals surface area contributed by atoms with E-state index in [0.717, 1.165) is 27.8 Å². The fraction of sp³-hybridized carbons (Fsp3) is 0.214. The minimum Gasteiger partial charge on any atom is -0.380 e. The number of rotatable bonds is 4. The van der Waals surface area contributed by atoms with Crippen LogP contribution in [0.5, 0.6) is 0 Å². The van der Waals surface area contributed by atoms with E-state index in [-0.39, 0.29) is 5.91 Å². The first-order valence-corrected chi connectivity index (χ1v) is 7.10. The van der Waals surface area contributed by atoms with Crippen LogP contribution < -0.4 is 10.6 Å². The van der Waals surface area contributed by atoms with Gasteiger partial charge in [0.15, 0.2) is 0 Å². The monoisotopic (exact) mass is 294 g/mol. The van der Waals surface area contributed by atoms with Gasteiger partial charge in [0.1, 0.15) is 0 Å². The number of nitrogens with one attached hydrogen (secondary N) is 2. The summed E-state index contributed by atoms with van der Waals surface area (Å²) in [6.45, 7) is 4.20. The first-order valence-electron chi connectivity index (χ1n) is 5.91. The van der Waals surface area contributed by atoms with E-state index in [0.29, 0.717) is 0 Å². The SMILES string of the molecule is CC(=O)Nc1cc(NCc2ccc(Cl)s2)ccc1C. The molecule has 2 rings (SSSR count). The van der Waals surface area contributed by atoms with Gasteiger partial charge in [-0.3, -0.25) is 4.79 Å². The summed E-state index contributed by atoms with van der Waals surface area (Å²) < 4.78 is 0.791. The maximum Gasteiger partial charge on any atom is 0.221 e. The van der Waals surface area contributed by atoms with Crippen LogP contribution in [0.2, 0.25) is 4.34 Å². The number of aryl methyl sites for hydroxylation is 1. The number of halogens is 1. The predicted molar refractivity (Wildman–Crippen MR) is 82.1 cm³/mol. The molecule has 1 aromatic carbocycles. The van der Waals surface area contributed by atoms with Gasteiger partial charge in [0.2, 0.25) is 5.91 Å². The van der Waals surface area contributed by atoms with E-state index in [2.05, 4.69) is 10.6 Å². The van der Waals surface area contributed by atoms with E-state index in [9.17, 15) is 4.79 Å². The van der Waals surface area contributed by atoms with E-state index in [4.69, 9.17) is 11.6 Å². The van der Waals surface area contributed by atoms with Gasteiger partial charge in [0.05, 0.1) is 4.34 Å². The molecule has 0 spiro atoms. The normalized spacial score (nSPS) is 10.3. The zero-order valence-electron chi connectivity index (χ0n) is 10.8. The molecule has 1 heterocycles. The summed E-state index contributed by atoms with van der Waals surface area (Å²) in [7, 11) is 0. The molecule has 1 amide bonds. The fourth-order valence-electron chi connectivity index (χ4n) is 1.69. The lowest BCUT2D eigenvalue weighted by molar-refractivity contribution is -0.114. The van der Waals surface area contributed by atoms with Gasteiger partial charge in [0.25, 0.3) is 0 Å². The molecule has 2 aromatic rings. The van der Waals surface area contributed by atoms with Crippen molar-refractivity contribution >= 4 is 40.2 Å². The standard InChI is InChI=1S/C14H15ClN2OS/c1-9-3-4-11(7-13(9)17-10(2)18)16-8-12-5-6-14(15)19-12/h3-7,16H,8H2,1-2H3,(H,17,18). The van der Waals surface area contributed by atoms with Crippen molar-refractivity contribution in [2.75, 3.05) is 10.6 Å². The Kier molecular flexibility index (Phi) is 4.45. The first kappa shape index (κ1) is 13.9. The lowest BCUT2D eigenvalue weighted by Gasteiger charge is -2.10.